The van der Waals surface area contributed by atoms with Gasteiger partial charge in [-0.15, -0.1) is 0 Å². The van der Waals surface area contributed by atoms with Crippen molar-refractivity contribution in [3.05, 3.63) is 140 Å². The number of aromatic nitrogens is 3. The van der Waals surface area contributed by atoms with Crippen molar-refractivity contribution in [3.63, 3.8) is 0 Å². The lowest BCUT2D eigenvalue weighted by Crippen LogP contribution is -1.93. The Morgan fingerprint density at radius 3 is 1.65 bits per heavy atom. The minimum atomic E-state index is 0.864. The summed E-state index contributed by atoms with van der Waals surface area (Å²) in [7, 11) is 0. The van der Waals surface area contributed by atoms with Gasteiger partial charge < -0.3 is 0 Å². The molecule has 0 bridgehead atoms. The van der Waals surface area contributed by atoms with E-state index in [9.17, 15) is 0 Å². The van der Waals surface area contributed by atoms with Gasteiger partial charge >= 0.3 is 0 Å². The Hall–Kier alpha value is -5.41. The Bertz CT molecular complexity index is 2200. The van der Waals surface area contributed by atoms with Crippen molar-refractivity contribution < 1.29 is 0 Å². The lowest BCUT2D eigenvalue weighted by atomic mass is 9.90. The van der Waals surface area contributed by atoms with E-state index in [4.69, 9.17) is 9.97 Å². The van der Waals surface area contributed by atoms with Crippen molar-refractivity contribution >= 4 is 43.2 Å². The molecule has 0 aliphatic heterocycles. The lowest BCUT2D eigenvalue weighted by Gasteiger charge is -2.16. The van der Waals surface area contributed by atoms with Gasteiger partial charge in [0.1, 0.15) is 0 Å². The molecule has 0 spiro atoms. The first kappa shape index (κ1) is 22.6. The van der Waals surface area contributed by atoms with E-state index < -0.39 is 0 Å². The average molecular weight is 510 g/mol. The van der Waals surface area contributed by atoms with E-state index in [1.54, 1.807) is 6.20 Å². The summed E-state index contributed by atoms with van der Waals surface area (Å²) in [5.41, 5.74) is 6.79. The second-order valence-corrected chi connectivity index (χ2v) is 10.0. The number of rotatable bonds is 3. The zero-order valence-corrected chi connectivity index (χ0v) is 21.6. The Morgan fingerprint density at radius 1 is 0.350 bits per heavy atom. The molecule has 3 aromatic heterocycles. The third-order valence-corrected chi connectivity index (χ3v) is 7.71. The number of benzene rings is 5. The second kappa shape index (κ2) is 9.11. The third kappa shape index (κ3) is 3.56. The van der Waals surface area contributed by atoms with Crippen LogP contribution >= 0.6 is 0 Å². The molecule has 0 amide bonds. The van der Waals surface area contributed by atoms with Gasteiger partial charge in [0.2, 0.25) is 0 Å². The number of hydrogen-bond acceptors (Lipinski definition) is 3. The fourth-order valence-corrected chi connectivity index (χ4v) is 5.89. The van der Waals surface area contributed by atoms with Crippen LogP contribution in [0.1, 0.15) is 0 Å². The second-order valence-electron chi connectivity index (χ2n) is 10.0. The van der Waals surface area contributed by atoms with Crippen molar-refractivity contribution in [1.29, 1.82) is 0 Å². The van der Waals surface area contributed by atoms with Crippen LogP contribution in [0.15, 0.2) is 140 Å². The Morgan fingerprint density at radius 2 is 0.925 bits per heavy atom. The molecule has 0 N–H and O–H groups in total. The molecule has 40 heavy (non-hydrogen) atoms. The van der Waals surface area contributed by atoms with Crippen LogP contribution in [0.25, 0.3) is 77.1 Å². The molecule has 0 saturated heterocycles. The highest BCUT2D eigenvalue weighted by atomic mass is 14.8. The van der Waals surface area contributed by atoms with Gasteiger partial charge in [-0.3, -0.25) is 4.98 Å². The minimum absolute atomic E-state index is 0.864. The van der Waals surface area contributed by atoms with Crippen LogP contribution in [0, 0.1) is 0 Å². The number of nitrogens with zero attached hydrogens (tertiary/aromatic N) is 3. The molecule has 5 aromatic carbocycles. The molecule has 3 heterocycles. The molecule has 0 unspecified atom stereocenters. The van der Waals surface area contributed by atoms with Crippen LogP contribution in [0.2, 0.25) is 0 Å². The summed E-state index contributed by atoms with van der Waals surface area (Å²) in [6, 6.07) is 46.5. The van der Waals surface area contributed by atoms with Crippen LogP contribution in [0.4, 0.5) is 0 Å². The van der Waals surface area contributed by atoms with Crippen molar-refractivity contribution in [2.45, 2.75) is 0 Å². The normalized spacial score (nSPS) is 11.5. The fourth-order valence-electron chi connectivity index (χ4n) is 5.89. The molecule has 0 aliphatic carbocycles. The highest BCUT2D eigenvalue weighted by Gasteiger charge is 2.17. The molecule has 3 nitrogen and oxygen atoms in total. The number of hydrogen-bond donors (Lipinski definition) is 0. The van der Waals surface area contributed by atoms with E-state index in [0.29, 0.717) is 0 Å². The maximum Gasteiger partial charge on any atom is 0.0893 e. The van der Waals surface area contributed by atoms with Gasteiger partial charge in [-0.1, -0.05) is 103 Å². The van der Waals surface area contributed by atoms with Crippen LogP contribution in [-0.4, -0.2) is 15.0 Å². The van der Waals surface area contributed by atoms with Crippen LogP contribution in [-0.2, 0) is 0 Å². The molecule has 8 aromatic rings. The van der Waals surface area contributed by atoms with E-state index in [1.807, 2.05) is 36.4 Å². The first-order chi connectivity index (χ1) is 19.8. The minimum Gasteiger partial charge on any atom is -0.255 e. The molecule has 3 heteroatoms. The maximum atomic E-state index is 5.26. The Balaban J connectivity index is 1.36. The van der Waals surface area contributed by atoms with E-state index in [0.717, 1.165) is 39.4 Å². The SMILES string of the molecule is c1ccc(-c2cccc(-c3ccc(-c4nc5ccccc5c5c6ccccc6c6ccccc6c45)cc3)n2)nc1. The number of para-hydroxylation sites is 1. The summed E-state index contributed by atoms with van der Waals surface area (Å²) >= 11 is 0. The fraction of sp³-hybridized carbons (Fsp3) is 0. The molecule has 0 radical (unpaired) electrons. The summed E-state index contributed by atoms with van der Waals surface area (Å²) in [4.78, 5) is 14.6. The van der Waals surface area contributed by atoms with Gasteiger partial charge in [-0.25, -0.2) is 9.97 Å². The van der Waals surface area contributed by atoms with Gasteiger partial charge in [0.05, 0.1) is 28.3 Å². The van der Waals surface area contributed by atoms with Crippen LogP contribution in [0.3, 0.4) is 0 Å². The maximum absolute atomic E-state index is 5.26. The quantitative estimate of drug-likeness (QED) is 0.223. The summed E-state index contributed by atoms with van der Waals surface area (Å²) < 4.78 is 0. The molecular formula is C37H23N3. The van der Waals surface area contributed by atoms with Crippen LogP contribution < -0.4 is 0 Å². The van der Waals surface area contributed by atoms with Gasteiger partial charge in [-0.2, -0.15) is 0 Å². The first-order valence-electron chi connectivity index (χ1n) is 13.5. The molecule has 0 fully saturated rings. The molecule has 0 saturated carbocycles. The molecule has 186 valence electrons. The monoisotopic (exact) mass is 509 g/mol. The van der Waals surface area contributed by atoms with Crippen LogP contribution in [0.5, 0.6) is 0 Å². The molecule has 0 atom stereocenters. The summed E-state index contributed by atoms with van der Waals surface area (Å²) in [5.74, 6) is 0. The standard InChI is InChI=1S/C37H23N3/c1-3-12-28-26(10-1)27-11-2-4-13-29(27)36-35(28)30-14-5-6-15-32(30)40-37(36)25-21-19-24(20-22-25)31-17-9-18-34(39-31)33-16-7-8-23-38-33/h1-23H. The van der Waals surface area contributed by atoms with E-state index in [2.05, 4.69) is 102 Å². The molecular weight excluding hydrogens is 486 g/mol. The van der Waals surface area contributed by atoms with E-state index >= 15 is 0 Å². The van der Waals surface area contributed by atoms with Gasteiger partial charge in [0.15, 0.2) is 0 Å². The van der Waals surface area contributed by atoms with E-state index in [1.165, 1.54) is 37.7 Å². The van der Waals surface area contributed by atoms with Crippen molar-refractivity contribution in [2.75, 3.05) is 0 Å². The van der Waals surface area contributed by atoms with Crippen molar-refractivity contribution in [2.24, 2.45) is 0 Å². The highest BCUT2D eigenvalue weighted by Crippen LogP contribution is 2.42. The van der Waals surface area contributed by atoms with Gasteiger partial charge in [0, 0.05) is 33.5 Å². The topological polar surface area (TPSA) is 38.7 Å². The highest BCUT2D eigenvalue weighted by molar-refractivity contribution is 6.33. The molecule has 8 rings (SSSR count). The first-order valence-corrected chi connectivity index (χ1v) is 13.5. The Kier molecular flexibility index (Phi) is 5.14. The predicted molar refractivity (Wildman–Crippen MR) is 166 cm³/mol. The lowest BCUT2D eigenvalue weighted by molar-refractivity contribution is 1.25. The smallest absolute Gasteiger partial charge is 0.0893 e. The largest absolute Gasteiger partial charge is 0.255 e. The summed E-state index contributed by atoms with van der Waals surface area (Å²) in [6.45, 7) is 0. The van der Waals surface area contributed by atoms with Crippen molar-refractivity contribution in [1.82, 2.24) is 15.0 Å². The average Bonchev–Trinajstić information content (AvgIpc) is 3.05. The summed E-state index contributed by atoms with van der Waals surface area (Å²) in [5, 5.41) is 8.61. The predicted octanol–water partition coefficient (Wildman–Crippen LogP) is 9.49. The van der Waals surface area contributed by atoms with Crippen molar-refractivity contribution in [3.8, 4) is 33.9 Å². The third-order valence-electron chi connectivity index (χ3n) is 7.71. The number of pyridine rings is 3. The van der Waals surface area contributed by atoms with Gasteiger partial charge in [0.25, 0.3) is 0 Å². The number of fused-ring (bicyclic) bond motifs is 8. The van der Waals surface area contributed by atoms with Gasteiger partial charge in [-0.05, 0) is 51.9 Å². The molecule has 0 aliphatic rings. The van der Waals surface area contributed by atoms with E-state index in [-0.39, 0.29) is 0 Å². The zero-order chi connectivity index (χ0) is 26.5. The summed E-state index contributed by atoms with van der Waals surface area (Å²) in [6.07, 6.45) is 1.80. The Labute approximate surface area is 231 Å². The zero-order valence-electron chi connectivity index (χ0n) is 21.6.